The number of ether oxygens (including phenoxy) is 1. The molecule has 0 aromatic carbocycles. The fourth-order valence-electron chi connectivity index (χ4n) is 0.556. The van der Waals surface area contributed by atoms with Crippen molar-refractivity contribution in [1.29, 1.82) is 0 Å². The van der Waals surface area contributed by atoms with Crippen LogP contribution in [0.15, 0.2) is 12.3 Å². The SMILES string of the molecule is Fc1nccc(OCC(F)(F)F)n1. The molecule has 0 fully saturated rings. The Morgan fingerprint density at radius 2 is 2.08 bits per heavy atom. The van der Waals surface area contributed by atoms with Crippen LogP contribution in [0.3, 0.4) is 0 Å². The Morgan fingerprint density at radius 1 is 1.38 bits per heavy atom. The van der Waals surface area contributed by atoms with Crippen LogP contribution in [0.2, 0.25) is 0 Å². The number of hydrogen-bond donors (Lipinski definition) is 0. The molecule has 0 saturated carbocycles. The average Bonchev–Trinajstić information content (AvgIpc) is 2.00. The molecule has 0 aliphatic rings. The zero-order valence-corrected chi connectivity index (χ0v) is 6.18. The topological polar surface area (TPSA) is 35.0 Å². The predicted octanol–water partition coefficient (Wildman–Crippen LogP) is 1.56. The standard InChI is InChI=1S/C6H4F4N2O/c7-5-11-2-1-4(12-5)13-3-6(8,9)10/h1-2H,3H2. The Balaban J connectivity index is 2.55. The van der Waals surface area contributed by atoms with E-state index in [-0.39, 0.29) is 0 Å². The molecule has 1 rings (SSSR count). The van der Waals surface area contributed by atoms with E-state index >= 15 is 0 Å². The molecule has 1 aromatic rings. The van der Waals surface area contributed by atoms with Crippen LogP contribution in [0.25, 0.3) is 0 Å². The van der Waals surface area contributed by atoms with Gasteiger partial charge in [0.05, 0.1) is 0 Å². The summed E-state index contributed by atoms with van der Waals surface area (Å²) in [5.41, 5.74) is 0. The van der Waals surface area contributed by atoms with Gasteiger partial charge >= 0.3 is 12.3 Å². The van der Waals surface area contributed by atoms with E-state index in [1.54, 1.807) is 0 Å². The lowest BCUT2D eigenvalue weighted by atomic mass is 10.6. The van der Waals surface area contributed by atoms with Gasteiger partial charge < -0.3 is 4.74 Å². The fraction of sp³-hybridized carbons (Fsp3) is 0.333. The van der Waals surface area contributed by atoms with E-state index in [1.165, 1.54) is 0 Å². The van der Waals surface area contributed by atoms with Crippen LogP contribution < -0.4 is 4.74 Å². The van der Waals surface area contributed by atoms with E-state index in [0.29, 0.717) is 0 Å². The largest absolute Gasteiger partial charge is 0.468 e. The maximum atomic E-state index is 12.2. The summed E-state index contributed by atoms with van der Waals surface area (Å²) in [6.45, 7) is -1.50. The number of hydrogen-bond acceptors (Lipinski definition) is 3. The molecule has 0 aliphatic heterocycles. The molecule has 0 N–H and O–H groups in total. The molecule has 0 unspecified atom stereocenters. The third-order valence-corrected chi connectivity index (χ3v) is 0.984. The second kappa shape index (κ2) is 3.55. The smallest absolute Gasteiger partial charge is 0.422 e. The molecule has 0 bridgehead atoms. The normalized spacial score (nSPS) is 11.4. The van der Waals surface area contributed by atoms with E-state index in [1.807, 2.05) is 0 Å². The monoisotopic (exact) mass is 196 g/mol. The van der Waals surface area contributed by atoms with Gasteiger partial charge in [-0.05, 0) is 0 Å². The molecule has 1 aromatic heterocycles. The second-order valence-corrected chi connectivity index (χ2v) is 2.07. The number of halogens is 4. The molecule has 7 heteroatoms. The van der Waals surface area contributed by atoms with E-state index in [9.17, 15) is 17.6 Å². The fourth-order valence-corrected chi connectivity index (χ4v) is 0.556. The minimum Gasteiger partial charge on any atom is -0.468 e. The van der Waals surface area contributed by atoms with Crippen molar-refractivity contribution < 1.29 is 22.3 Å². The molecular formula is C6H4F4N2O. The van der Waals surface area contributed by atoms with Gasteiger partial charge in [0.25, 0.3) is 0 Å². The second-order valence-electron chi connectivity index (χ2n) is 2.07. The van der Waals surface area contributed by atoms with E-state index < -0.39 is 24.7 Å². The number of nitrogens with zero attached hydrogens (tertiary/aromatic N) is 2. The summed E-state index contributed by atoms with van der Waals surface area (Å²) in [6.07, 6.45) is -4.62. The number of alkyl halides is 3. The van der Waals surface area contributed by atoms with Crippen LogP contribution in [0.5, 0.6) is 5.88 Å². The highest BCUT2D eigenvalue weighted by molar-refractivity contribution is 5.04. The van der Waals surface area contributed by atoms with Crippen molar-refractivity contribution >= 4 is 0 Å². The van der Waals surface area contributed by atoms with Crippen molar-refractivity contribution in [1.82, 2.24) is 9.97 Å². The number of aromatic nitrogens is 2. The lowest BCUT2D eigenvalue weighted by molar-refractivity contribution is -0.154. The van der Waals surface area contributed by atoms with E-state index in [2.05, 4.69) is 14.7 Å². The van der Waals surface area contributed by atoms with Gasteiger partial charge in [0.2, 0.25) is 5.88 Å². The Bertz CT molecular complexity index is 288. The van der Waals surface area contributed by atoms with Crippen molar-refractivity contribution in [3.05, 3.63) is 18.3 Å². The Hall–Kier alpha value is -1.40. The Labute approximate surface area is 70.4 Å². The first-order valence-corrected chi connectivity index (χ1v) is 3.15. The molecule has 72 valence electrons. The van der Waals surface area contributed by atoms with Gasteiger partial charge in [-0.2, -0.15) is 22.5 Å². The highest BCUT2D eigenvalue weighted by Crippen LogP contribution is 2.16. The van der Waals surface area contributed by atoms with Gasteiger partial charge in [-0.25, -0.2) is 4.98 Å². The first-order valence-electron chi connectivity index (χ1n) is 3.15. The van der Waals surface area contributed by atoms with Gasteiger partial charge in [0, 0.05) is 12.3 Å². The van der Waals surface area contributed by atoms with Gasteiger partial charge in [-0.15, -0.1) is 0 Å². The van der Waals surface area contributed by atoms with Gasteiger partial charge in [0.15, 0.2) is 6.61 Å². The van der Waals surface area contributed by atoms with Crippen LogP contribution in [0.1, 0.15) is 0 Å². The molecule has 13 heavy (non-hydrogen) atoms. The van der Waals surface area contributed by atoms with Crippen LogP contribution in [-0.4, -0.2) is 22.8 Å². The number of rotatable bonds is 2. The van der Waals surface area contributed by atoms with Crippen LogP contribution in [0.4, 0.5) is 17.6 Å². The van der Waals surface area contributed by atoms with Crippen LogP contribution >= 0.6 is 0 Å². The molecular weight excluding hydrogens is 192 g/mol. The predicted molar refractivity (Wildman–Crippen MR) is 33.5 cm³/mol. The van der Waals surface area contributed by atoms with E-state index in [4.69, 9.17) is 0 Å². The highest BCUT2D eigenvalue weighted by Gasteiger charge is 2.28. The molecule has 3 nitrogen and oxygen atoms in total. The molecule has 1 heterocycles. The zero-order chi connectivity index (χ0) is 9.90. The summed E-state index contributed by atoms with van der Waals surface area (Å²) in [5, 5.41) is 0. The van der Waals surface area contributed by atoms with Crippen molar-refractivity contribution in [3.63, 3.8) is 0 Å². The Morgan fingerprint density at radius 3 is 2.62 bits per heavy atom. The maximum absolute atomic E-state index is 12.2. The molecule has 0 radical (unpaired) electrons. The minimum absolute atomic E-state index is 0.440. The third kappa shape index (κ3) is 3.68. The maximum Gasteiger partial charge on any atom is 0.422 e. The Kier molecular flexibility index (Phi) is 2.64. The van der Waals surface area contributed by atoms with Crippen LogP contribution in [-0.2, 0) is 0 Å². The van der Waals surface area contributed by atoms with Crippen molar-refractivity contribution in [3.8, 4) is 5.88 Å². The molecule has 0 amide bonds. The van der Waals surface area contributed by atoms with Crippen molar-refractivity contribution in [2.75, 3.05) is 6.61 Å². The van der Waals surface area contributed by atoms with Crippen molar-refractivity contribution in [2.24, 2.45) is 0 Å². The first kappa shape index (κ1) is 9.69. The lowest BCUT2D eigenvalue weighted by Crippen LogP contribution is -2.19. The lowest BCUT2D eigenvalue weighted by Gasteiger charge is -2.07. The molecule has 0 aliphatic carbocycles. The average molecular weight is 196 g/mol. The molecule has 0 saturated heterocycles. The van der Waals surface area contributed by atoms with Gasteiger partial charge in [0.1, 0.15) is 0 Å². The summed E-state index contributed by atoms with van der Waals surface area (Å²) < 4.78 is 51.1. The quantitative estimate of drug-likeness (QED) is 0.531. The summed E-state index contributed by atoms with van der Waals surface area (Å²) in [5.74, 6) is -0.440. The van der Waals surface area contributed by atoms with Crippen molar-refractivity contribution in [2.45, 2.75) is 6.18 Å². The van der Waals surface area contributed by atoms with Gasteiger partial charge in [-0.3, -0.25) is 0 Å². The van der Waals surface area contributed by atoms with Crippen LogP contribution in [0, 0.1) is 6.08 Å². The molecule has 0 atom stereocenters. The summed E-state index contributed by atoms with van der Waals surface area (Å²) in [4.78, 5) is 6.02. The molecule has 0 spiro atoms. The summed E-state index contributed by atoms with van der Waals surface area (Å²) >= 11 is 0. The van der Waals surface area contributed by atoms with Gasteiger partial charge in [-0.1, -0.05) is 0 Å². The minimum atomic E-state index is -4.46. The highest BCUT2D eigenvalue weighted by atomic mass is 19.4. The van der Waals surface area contributed by atoms with E-state index in [0.717, 1.165) is 12.3 Å². The summed E-state index contributed by atoms with van der Waals surface area (Å²) in [6, 6.07) is 1.04. The zero-order valence-electron chi connectivity index (χ0n) is 6.18. The summed E-state index contributed by atoms with van der Waals surface area (Å²) in [7, 11) is 0. The third-order valence-electron chi connectivity index (χ3n) is 0.984. The first-order chi connectivity index (χ1) is 5.97.